The quantitative estimate of drug-likeness (QED) is 0.888. The summed E-state index contributed by atoms with van der Waals surface area (Å²) >= 11 is 0. The molecule has 2 saturated heterocycles. The average Bonchev–Trinajstić information content (AvgIpc) is 3.11. The molecule has 110 valence electrons. The molecule has 1 aromatic rings. The summed E-state index contributed by atoms with van der Waals surface area (Å²) in [7, 11) is 2.22. The van der Waals surface area contributed by atoms with Crippen LogP contribution in [0.4, 0.5) is 5.69 Å². The second-order valence-electron chi connectivity index (χ2n) is 6.41. The molecule has 2 aliphatic rings. The van der Waals surface area contributed by atoms with E-state index in [2.05, 4.69) is 46.4 Å². The second-order valence-corrected chi connectivity index (χ2v) is 6.41. The number of nitrogens with zero attached hydrogens (tertiary/aromatic N) is 2. The summed E-state index contributed by atoms with van der Waals surface area (Å²) in [5, 5.41) is 3.61. The molecule has 1 unspecified atom stereocenters. The third-order valence-corrected chi connectivity index (χ3v) is 4.66. The topological polar surface area (TPSA) is 18.5 Å². The van der Waals surface area contributed by atoms with Crippen molar-refractivity contribution >= 4 is 5.69 Å². The van der Waals surface area contributed by atoms with Gasteiger partial charge in [0.25, 0.3) is 0 Å². The lowest BCUT2D eigenvalue weighted by Crippen LogP contribution is -2.24. The van der Waals surface area contributed by atoms with Gasteiger partial charge in [0.1, 0.15) is 0 Å². The molecule has 0 radical (unpaired) electrons. The van der Waals surface area contributed by atoms with Crippen LogP contribution in [0.2, 0.25) is 0 Å². The number of likely N-dealkylation sites (tertiary alicyclic amines) is 1. The molecule has 2 aliphatic heterocycles. The normalized spacial score (nSPS) is 23.6. The summed E-state index contributed by atoms with van der Waals surface area (Å²) in [6.45, 7) is 7.12. The molecule has 1 N–H and O–H groups in total. The highest BCUT2D eigenvalue weighted by molar-refractivity contribution is 5.48. The number of benzene rings is 1. The molecule has 3 heteroatoms. The number of hydrogen-bond donors (Lipinski definition) is 1. The maximum absolute atomic E-state index is 3.61. The summed E-state index contributed by atoms with van der Waals surface area (Å²) in [6.07, 6.45) is 4.04. The van der Waals surface area contributed by atoms with E-state index in [1.54, 1.807) is 0 Å². The van der Waals surface area contributed by atoms with E-state index in [1.165, 1.54) is 56.7 Å². The standard InChI is InChI=1S/C17H27N3/c1-19-11-8-16(14-19)13-18-12-15-4-6-17(7-5-15)20-9-2-3-10-20/h4-7,16,18H,2-3,8-14H2,1H3. The van der Waals surface area contributed by atoms with Gasteiger partial charge in [-0.05, 0) is 63.0 Å². The first-order valence-corrected chi connectivity index (χ1v) is 8.04. The van der Waals surface area contributed by atoms with E-state index in [-0.39, 0.29) is 0 Å². The van der Waals surface area contributed by atoms with E-state index in [0.717, 1.165) is 19.0 Å². The van der Waals surface area contributed by atoms with Gasteiger partial charge in [0.2, 0.25) is 0 Å². The first-order chi connectivity index (χ1) is 9.81. The van der Waals surface area contributed by atoms with Crippen LogP contribution in [0.1, 0.15) is 24.8 Å². The van der Waals surface area contributed by atoms with Crippen molar-refractivity contribution in [1.29, 1.82) is 0 Å². The SMILES string of the molecule is CN1CCC(CNCc2ccc(N3CCCC3)cc2)C1. The van der Waals surface area contributed by atoms with Gasteiger partial charge in [-0.3, -0.25) is 0 Å². The van der Waals surface area contributed by atoms with Gasteiger partial charge in [-0.2, -0.15) is 0 Å². The maximum atomic E-state index is 3.61. The van der Waals surface area contributed by atoms with Gasteiger partial charge in [-0.15, -0.1) is 0 Å². The van der Waals surface area contributed by atoms with Gasteiger partial charge >= 0.3 is 0 Å². The summed E-state index contributed by atoms with van der Waals surface area (Å²) in [6, 6.07) is 9.13. The van der Waals surface area contributed by atoms with Crippen molar-refractivity contribution in [3.63, 3.8) is 0 Å². The summed E-state index contributed by atoms with van der Waals surface area (Å²) in [4.78, 5) is 4.92. The molecule has 2 heterocycles. The average molecular weight is 273 g/mol. The van der Waals surface area contributed by atoms with E-state index < -0.39 is 0 Å². The molecule has 1 aromatic carbocycles. The van der Waals surface area contributed by atoms with Crippen molar-refractivity contribution in [1.82, 2.24) is 10.2 Å². The zero-order valence-corrected chi connectivity index (χ0v) is 12.6. The van der Waals surface area contributed by atoms with Crippen molar-refractivity contribution < 1.29 is 0 Å². The molecule has 3 nitrogen and oxygen atoms in total. The van der Waals surface area contributed by atoms with Gasteiger partial charge in [0.05, 0.1) is 0 Å². The van der Waals surface area contributed by atoms with E-state index in [0.29, 0.717) is 0 Å². The van der Waals surface area contributed by atoms with Crippen LogP contribution in [-0.4, -0.2) is 44.7 Å². The summed E-state index contributed by atoms with van der Waals surface area (Å²) < 4.78 is 0. The number of rotatable bonds is 5. The molecule has 20 heavy (non-hydrogen) atoms. The molecule has 1 atom stereocenters. The van der Waals surface area contributed by atoms with Crippen LogP contribution in [0.25, 0.3) is 0 Å². The lowest BCUT2D eigenvalue weighted by Gasteiger charge is -2.18. The van der Waals surface area contributed by atoms with Crippen molar-refractivity contribution in [3.05, 3.63) is 29.8 Å². The monoisotopic (exact) mass is 273 g/mol. The Hall–Kier alpha value is -1.06. The number of hydrogen-bond acceptors (Lipinski definition) is 3. The largest absolute Gasteiger partial charge is 0.372 e. The fourth-order valence-corrected chi connectivity index (χ4v) is 3.41. The Labute approximate surface area is 123 Å². The molecule has 3 rings (SSSR count). The highest BCUT2D eigenvalue weighted by Crippen LogP contribution is 2.20. The Morgan fingerprint density at radius 3 is 2.50 bits per heavy atom. The van der Waals surface area contributed by atoms with Gasteiger partial charge < -0.3 is 15.1 Å². The lowest BCUT2D eigenvalue weighted by molar-refractivity contribution is 0.388. The van der Waals surface area contributed by atoms with Crippen LogP contribution in [0.15, 0.2) is 24.3 Å². The molecule has 0 spiro atoms. The van der Waals surface area contributed by atoms with Gasteiger partial charge in [0.15, 0.2) is 0 Å². The highest BCUT2D eigenvalue weighted by Gasteiger charge is 2.18. The first kappa shape index (κ1) is 13.9. The van der Waals surface area contributed by atoms with Crippen molar-refractivity contribution in [2.45, 2.75) is 25.8 Å². The zero-order valence-electron chi connectivity index (χ0n) is 12.6. The van der Waals surface area contributed by atoms with E-state index in [4.69, 9.17) is 0 Å². The molecular weight excluding hydrogens is 246 g/mol. The van der Waals surface area contributed by atoms with Crippen LogP contribution in [0, 0.1) is 5.92 Å². The Bertz CT molecular complexity index is 409. The van der Waals surface area contributed by atoms with Gasteiger partial charge in [-0.25, -0.2) is 0 Å². The van der Waals surface area contributed by atoms with Gasteiger partial charge in [-0.1, -0.05) is 12.1 Å². The lowest BCUT2D eigenvalue weighted by atomic mass is 10.1. The molecule has 0 bridgehead atoms. The number of nitrogens with one attached hydrogen (secondary N) is 1. The fraction of sp³-hybridized carbons (Fsp3) is 0.647. The smallest absolute Gasteiger partial charge is 0.0366 e. The summed E-state index contributed by atoms with van der Waals surface area (Å²) in [5.74, 6) is 0.837. The third-order valence-electron chi connectivity index (χ3n) is 4.66. The predicted octanol–water partition coefficient (Wildman–Crippen LogP) is 2.33. The molecular formula is C17H27N3. The molecule has 0 aromatic heterocycles. The molecule has 0 amide bonds. The summed E-state index contributed by atoms with van der Waals surface area (Å²) in [5.41, 5.74) is 2.79. The Kier molecular flexibility index (Phi) is 4.58. The van der Waals surface area contributed by atoms with E-state index in [9.17, 15) is 0 Å². The predicted molar refractivity (Wildman–Crippen MR) is 85.2 cm³/mol. The van der Waals surface area contributed by atoms with Crippen LogP contribution in [0.3, 0.4) is 0 Å². The van der Waals surface area contributed by atoms with E-state index >= 15 is 0 Å². The molecule has 0 aliphatic carbocycles. The maximum Gasteiger partial charge on any atom is 0.0366 e. The van der Waals surface area contributed by atoms with Crippen LogP contribution < -0.4 is 10.2 Å². The van der Waals surface area contributed by atoms with Crippen LogP contribution in [0.5, 0.6) is 0 Å². The first-order valence-electron chi connectivity index (χ1n) is 8.04. The van der Waals surface area contributed by atoms with Crippen LogP contribution >= 0.6 is 0 Å². The third kappa shape index (κ3) is 3.53. The molecule has 2 fully saturated rings. The Balaban J connectivity index is 1.43. The fourth-order valence-electron chi connectivity index (χ4n) is 3.41. The zero-order chi connectivity index (χ0) is 13.8. The van der Waals surface area contributed by atoms with E-state index in [1.807, 2.05) is 0 Å². The van der Waals surface area contributed by atoms with Crippen LogP contribution in [-0.2, 0) is 6.54 Å². The minimum atomic E-state index is 0.837. The van der Waals surface area contributed by atoms with Crippen molar-refractivity contribution in [2.24, 2.45) is 5.92 Å². The minimum Gasteiger partial charge on any atom is -0.372 e. The highest BCUT2D eigenvalue weighted by atomic mass is 15.1. The Morgan fingerprint density at radius 1 is 1.10 bits per heavy atom. The second kappa shape index (κ2) is 6.59. The molecule has 0 saturated carbocycles. The Morgan fingerprint density at radius 2 is 1.85 bits per heavy atom. The van der Waals surface area contributed by atoms with Crippen molar-refractivity contribution in [3.8, 4) is 0 Å². The van der Waals surface area contributed by atoms with Crippen molar-refractivity contribution in [2.75, 3.05) is 44.7 Å². The minimum absolute atomic E-state index is 0.837. The number of anilines is 1. The van der Waals surface area contributed by atoms with Gasteiger partial charge in [0, 0.05) is 31.9 Å².